The fraction of sp³-hybridized carbons (Fsp3) is 0.154. The van der Waals surface area contributed by atoms with Gasteiger partial charge in [0, 0.05) is 23.6 Å². The zero-order valence-electron chi connectivity index (χ0n) is 19.9. The summed E-state index contributed by atoms with van der Waals surface area (Å²) in [4.78, 5) is 17.4. The molecule has 9 nitrogen and oxygen atoms in total. The number of rotatable bonds is 8. The molecule has 0 fully saturated rings. The van der Waals surface area contributed by atoms with Crippen LogP contribution in [0.1, 0.15) is 31.2 Å². The number of aromatic nitrogens is 7. The van der Waals surface area contributed by atoms with E-state index in [2.05, 4.69) is 72.1 Å². The van der Waals surface area contributed by atoms with E-state index in [9.17, 15) is 0 Å². The second kappa shape index (κ2) is 10.5. The Morgan fingerprint density at radius 1 is 0.917 bits per heavy atom. The number of hydrogen-bond donors (Lipinski definition) is 2. The molecule has 0 spiro atoms. The van der Waals surface area contributed by atoms with Crippen molar-refractivity contribution in [3.63, 3.8) is 0 Å². The van der Waals surface area contributed by atoms with Gasteiger partial charge in [-0.2, -0.15) is 15.0 Å². The molecule has 0 aliphatic rings. The normalized spacial score (nSPS) is 11.1. The Labute approximate surface area is 213 Å². The number of nitrogens with one attached hydrogen (secondary N) is 1. The standard InChI is InChI=1S/C26H25N9S/c1-17(2)20-12-6-7-13-21(20)35-23(18-9-8-14-28-15-18)33-34-26(35)36-16-22-30-24(27)32-25(31-22)29-19-10-4-3-5-11-19/h3-15,17H,16H2,1-2H3,(H3,27,29,30,31,32). The summed E-state index contributed by atoms with van der Waals surface area (Å²) in [5.74, 6) is 2.57. The number of benzene rings is 2. The maximum atomic E-state index is 5.98. The molecule has 0 aliphatic carbocycles. The molecule has 5 rings (SSSR count). The van der Waals surface area contributed by atoms with E-state index in [1.165, 1.54) is 17.3 Å². The Bertz CT molecular complexity index is 1450. The Hall–Kier alpha value is -4.31. The first kappa shape index (κ1) is 23.4. The van der Waals surface area contributed by atoms with Crippen LogP contribution in [0.25, 0.3) is 17.1 Å². The van der Waals surface area contributed by atoms with Crippen molar-refractivity contribution in [1.29, 1.82) is 0 Å². The van der Waals surface area contributed by atoms with E-state index in [1.807, 2.05) is 48.5 Å². The number of para-hydroxylation sites is 2. The van der Waals surface area contributed by atoms with E-state index in [4.69, 9.17) is 5.73 Å². The molecule has 36 heavy (non-hydrogen) atoms. The van der Waals surface area contributed by atoms with Crippen LogP contribution >= 0.6 is 11.8 Å². The first-order valence-corrected chi connectivity index (χ1v) is 12.5. The van der Waals surface area contributed by atoms with Crippen molar-refractivity contribution in [2.75, 3.05) is 11.1 Å². The molecule has 3 aromatic heterocycles. The number of hydrogen-bond acceptors (Lipinski definition) is 9. The summed E-state index contributed by atoms with van der Waals surface area (Å²) >= 11 is 1.49. The van der Waals surface area contributed by atoms with Crippen LogP contribution in [-0.4, -0.2) is 34.7 Å². The fourth-order valence-corrected chi connectivity index (χ4v) is 4.58. The smallest absolute Gasteiger partial charge is 0.232 e. The lowest BCUT2D eigenvalue weighted by molar-refractivity contribution is 0.818. The molecular formula is C26H25N9S. The van der Waals surface area contributed by atoms with Crippen molar-refractivity contribution in [3.05, 3.63) is 90.5 Å². The van der Waals surface area contributed by atoms with Crippen LogP contribution < -0.4 is 11.1 Å². The maximum absolute atomic E-state index is 5.98. The predicted molar refractivity (Wildman–Crippen MR) is 142 cm³/mol. The highest BCUT2D eigenvalue weighted by atomic mass is 32.2. The SMILES string of the molecule is CC(C)c1ccccc1-n1c(SCc2nc(N)nc(Nc3ccccc3)n2)nnc1-c1cccnc1. The third-order valence-electron chi connectivity index (χ3n) is 5.41. The summed E-state index contributed by atoms with van der Waals surface area (Å²) in [7, 11) is 0. The van der Waals surface area contributed by atoms with Crippen LogP contribution in [0.15, 0.2) is 84.3 Å². The van der Waals surface area contributed by atoms with Gasteiger partial charge in [-0.25, -0.2) is 0 Å². The summed E-state index contributed by atoms with van der Waals surface area (Å²) in [6.45, 7) is 4.35. The second-order valence-electron chi connectivity index (χ2n) is 8.31. The maximum Gasteiger partial charge on any atom is 0.232 e. The van der Waals surface area contributed by atoms with E-state index in [1.54, 1.807) is 12.4 Å². The zero-order valence-corrected chi connectivity index (χ0v) is 20.7. The molecule has 5 aromatic rings. The average molecular weight is 496 g/mol. The average Bonchev–Trinajstić information content (AvgIpc) is 3.32. The predicted octanol–water partition coefficient (Wildman–Crippen LogP) is 5.26. The minimum atomic E-state index is 0.154. The van der Waals surface area contributed by atoms with E-state index in [0.717, 1.165) is 27.9 Å². The molecule has 0 saturated heterocycles. The minimum absolute atomic E-state index is 0.154. The van der Waals surface area contributed by atoms with Crippen LogP contribution in [0.2, 0.25) is 0 Å². The molecule has 0 bridgehead atoms. The zero-order chi connectivity index (χ0) is 24.9. The highest BCUT2D eigenvalue weighted by molar-refractivity contribution is 7.98. The van der Waals surface area contributed by atoms with Gasteiger partial charge in [-0.1, -0.05) is 62.0 Å². The third kappa shape index (κ3) is 5.18. The van der Waals surface area contributed by atoms with Crippen molar-refractivity contribution in [2.45, 2.75) is 30.7 Å². The molecule has 0 radical (unpaired) electrons. The summed E-state index contributed by atoms with van der Waals surface area (Å²) in [5, 5.41) is 13.0. The van der Waals surface area contributed by atoms with Crippen LogP contribution in [0.3, 0.4) is 0 Å². The lowest BCUT2D eigenvalue weighted by atomic mass is 10.0. The number of nitrogen functional groups attached to an aromatic ring is 1. The van der Waals surface area contributed by atoms with Crippen molar-refractivity contribution >= 4 is 29.3 Å². The monoisotopic (exact) mass is 495 g/mol. The molecular weight excluding hydrogens is 470 g/mol. The van der Waals surface area contributed by atoms with Gasteiger partial charge in [0.1, 0.15) is 5.82 Å². The van der Waals surface area contributed by atoms with Crippen molar-refractivity contribution < 1.29 is 0 Å². The molecule has 2 aromatic carbocycles. The Morgan fingerprint density at radius 2 is 1.72 bits per heavy atom. The van der Waals surface area contributed by atoms with Gasteiger partial charge in [0.05, 0.1) is 11.4 Å². The molecule has 0 unspecified atom stereocenters. The van der Waals surface area contributed by atoms with E-state index >= 15 is 0 Å². The molecule has 3 heterocycles. The van der Waals surface area contributed by atoms with Gasteiger partial charge in [0.25, 0.3) is 0 Å². The highest BCUT2D eigenvalue weighted by Gasteiger charge is 2.20. The summed E-state index contributed by atoms with van der Waals surface area (Å²) in [6.07, 6.45) is 3.54. The third-order valence-corrected chi connectivity index (χ3v) is 6.34. The minimum Gasteiger partial charge on any atom is -0.368 e. The van der Waals surface area contributed by atoms with E-state index in [-0.39, 0.29) is 5.95 Å². The number of nitrogens with two attached hydrogens (primary N) is 1. The van der Waals surface area contributed by atoms with Gasteiger partial charge >= 0.3 is 0 Å². The van der Waals surface area contributed by atoms with Crippen LogP contribution in [0.5, 0.6) is 0 Å². The van der Waals surface area contributed by atoms with Crippen molar-refractivity contribution in [2.24, 2.45) is 0 Å². The number of thioether (sulfide) groups is 1. The molecule has 0 amide bonds. The van der Waals surface area contributed by atoms with Crippen LogP contribution in [0, 0.1) is 0 Å². The van der Waals surface area contributed by atoms with Gasteiger partial charge in [-0.05, 0) is 41.8 Å². The molecule has 0 aliphatic heterocycles. The number of nitrogens with zero attached hydrogens (tertiary/aromatic N) is 7. The van der Waals surface area contributed by atoms with E-state index < -0.39 is 0 Å². The summed E-state index contributed by atoms with van der Waals surface area (Å²) in [6, 6.07) is 21.9. The Morgan fingerprint density at radius 3 is 2.50 bits per heavy atom. The van der Waals surface area contributed by atoms with Crippen molar-refractivity contribution in [3.8, 4) is 17.1 Å². The van der Waals surface area contributed by atoms with Gasteiger partial charge in [-0.15, -0.1) is 10.2 Å². The fourth-order valence-electron chi connectivity index (χ4n) is 3.78. The quantitative estimate of drug-likeness (QED) is 0.278. The van der Waals surface area contributed by atoms with Gasteiger partial charge < -0.3 is 11.1 Å². The molecule has 0 atom stereocenters. The van der Waals surface area contributed by atoms with Crippen LogP contribution in [0.4, 0.5) is 17.6 Å². The summed E-state index contributed by atoms with van der Waals surface area (Å²) < 4.78 is 2.07. The molecule has 10 heteroatoms. The topological polar surface area (TPSA) is 120 Å². The second-order valence-corrected chi connectivity index (χ2v) is 9.25. The van der Waals surface area contributed by atoms with Crippen LogP contribution in [-0.2, 0) is 5.75 Å². The lowest BCUT2D eigenvalue weighted by Gasteiger charge is -2.16. The number of anilines is 3. The first-order chi connectivity index (χ1) is 17.6. The summed E-state index contributed by atoms with van der Waals surface area (Å²) in [5.41, 5.74) is 9.96. The Balaban J connectivity index is 1.49. The lowest BCUT2D eigenvalue weighted by Crippen LogP contribution is -2.07. The molecule has 180 valence electrons. The molecule has 3 N–H and O–H groups in total. The van der Waals surface area contributed by atoms with Gasteiger partial charge in [-0.3, -0.25) is 9.55 Å². The first-order valence-electron chi connectivity index (χ1n) is 11.5. The van der Waals surface area contributed by atoms with E-state index in [0.29, 0.717) is 23.4 Å². The molecule has 0 saturated carbocycles. The van der Waals surface area contributed by atoms with Gasteiger partial charge in [0.15, 0.2) is 11.0 Å². The number of pyridine rings is 1. The van der Waals surface area contributed by atoms with Gasteiger partial charge in [0.2, 0.25) is 11.9 Å². The largest absolute Gasteiger partial charge is 0.368 e. The highest BCUT2D eigenvalue weighted by Crippen LogP contribution is 2.32. The Kier molecular flexibility index (Phi) is 6.85. The van der Waals surface area contributed by atoms with Crippen molar-refractivity contribution in [1.82, 2.24) is 34.7 Å².